The molecule has 18 heavy (non-hydrogen) atoms. The third-order valence-electron chi connectivity index (χ3n) is 2.60. The van der Waals surface area contributed by atoms with E-state index in [1.807, 2.05) is 43.3 Å². The van der Waals surface area contributed by atoms with Gasteiger partial charge in [0.05, 0.1) is 0 Å². The molecule has 0 unspecified atom stereocenters. The van der Waals surface area contributed by atoms with Crippen LogP contribution >= 0.6 is 31.9 Å². The van der Waals surface area contributed by atoms with Gasteiger partial charge in [-0.15, -0.1) is 0 Å². The Morgan fingerprint density at radius 3 is 2.61 bits per heavy atom. The first-order chi connectivity index (χ1) is 8.56. The van der Waals surface area contributed by atoms with Crippen LogP contribution in [0.3, 0.4) is 0 Å². The fraction of sp³-hybridized carbons (Fsp3) is 0.143. The molecule has 0 spiro atoms. The van der Waals surface area contributed by atoms with Gasteiger partial charge in [-0.1, -0.05) is 28.1 Å². The van der Waals surface area contributed by atoms with E-state index >= 15 is 0 Å². The van der Waals surface area contributed by atoms with Crippen molar-refractivity contribution in [3.8, 4) is 5.75 Å². The van der Waals surface area contributed by atoms with Crippen molar-refractivity contribution in [2.45, 2.75) is 13.5 Å². The molecular weight excluding hydrogens is 358 g/mol. The van der Waals surface area contributed by atoms with Crippen molar-refractivity contribution in [1.29, 1.82) is 0 Å². The van der Waals surface area contributed by atoms with Gasteiger partial charge in [0.25, 0.3) is 0 Å². The van der Waals surface area contributed by atoms with E-state index < -0.39 is 0 Å². The number of ether oxygens (including phenoxy) is 1. The molecule has 0 aliphatic rings. The lowest BCUT2D eigenvalue weighted by atomic mass is 10.2. The van der Waals surface area contributed by atoms with E-state index in [-0.39, 0.29) is 0 Å². The van der Waals surface area contributed by atoms with Crippen LogP contribution in [0.5, 0.6) is 5.75 Å². The van der Waals surface area contributed by atoms with Gasteiger partial charge in [0.1, 0.15) is 12.4 Å². The highest BCUT2D eigenvalue weighted by molar-refractivity contribution is 9.10. The molecule has 0 aliphatic carbocycles. The summed E-state index contributed by atoms with van der Waals surface area (Å²) in [4.78, 5) is 0. The van der Waals surface area contributed by atoms with Crippen molar-refractivity contribution in [2.24, 2.45) is 0 Å². The van der Waals surface area contributed by atoms with Crippen LogP contribution in [0.2, 0.25) is 0 Å². The summed E-state index contributed by atoms with van der Waals surface area (Å²) in [5.41, 5.74) is 8.72. The van der Waals surface area contributed by atoms with Gasteiger partial charge in [-0.2, -0.15) is 0 Å². The van der Waals surface area contributed by atoms with Gasteiger partial charge in [-0.25, -0.2) is 0 Å². The first-order valence-corrected chi connectivity index (χ1v) is 7.08. The first kappa shape index (κ1) is 13.4. The molecule has 2 aromatic carbocycles. The quantitative estimate of drug-likeness (QED) is 0.796. The number of halogens is 2. The third kappa shape index (κ3) is 3.27. The molecule has 0 bridgehead atoms. The van der Waals surface area contributed by atoms with Gasteiger partial charge in [0.15, 0.2) is 0 Å². The molecule has 0 saturated carbocycles. The van der Waals surface area contributed by atoms with E-state index in [0.717, 1.165) is 31.5 Å². The summed E-state index contributed by atoms with van der Waals surface area (Å²) in [5.74, 6) is 0.880. The van der Waals surface area contributed by atoms with E-state index in [0.29, 0.717) is 6.61 Å². The summed E-state index contributed by atoms with van der Waals surface area (Å²) in [6.07, 6.45) is 0. The summed E-state index contributed by atoms with van der Waals surface area (Å²) < 4.78 is 7.72. The van der Waals surface area contributed by atoms with E-state index in [1.54, 1.807) is 0 Å². The molecular formula is C14H13Br2NO. The Morgan fingerprint density at radius 1 is 1.11 bits per heavy atom. The number of benzene rings is 2. The Hall–Kier alpha value is -1.00. The molecule has 0 amide bonds. The minimum atomic E-state index is 0.509. The van der Waals surface area contributed by atoms with Crippen LogP contribution in [-0.4, -0.2) is 0 Å². The van der Waals surface area contributed by atoms with Crippen LogP contribution in [0.25, 0.3) is 0 Å². The zero-order valence-corrected chi connectivity index (χ0v) is 13.1. The molecule has 2 nitrogen and oxygen atoms in total. The lowest BCUT2D eigenvalue weighted by molar-refractivity contribution is 0.304. The Labute approximate surface area is 123 Å². The van der Waals surface area contributed by atoms with Crippen LogP contribution in [0, 0.1) is 6.92 Å². The molecule has 0 aromatic heterocycles. The molecule has 0 atom stereocenters. The van der Waals surface area contributed by atoms with Crippen LogP contribution < -0.4 is 10.5 Å². The molecule has 0 fully saturated rings. The molecule has 2 aromatic rings. The summed E-state index contributed by atoms with van der Waals surface area (Å²) in [6, 6.07) is 11.8. The summed E-state index contributed by atoms with van der Waals surface area (Å²) in [6.45, 7) is 2.53. The van der Waals surface area contributed by atoms with Crippen molar-refractivity contribution in [2.75, 3.05) is 5.73 Å². The average Bonchev–Trinajstić information content (AvgIpc) is 2.34. The largest absolute Gasteiger partial charge is 0.489 e. The molecule has 0 saturated heterocycles. The number of hydrogen-bond acceptors (Lipinski definition) is 2. The van der Waals surface area contributed by atoms with Gasteiger partial charge in [0, 0.05) is 14.6 Å². The Bertz CT molecular complexity index is 570. The molecule has 0 heterocycles. The lowest BCUT2D eigenvalue weighted by Gasteiger charge is -2.10. The smallest absolute Gasteiger partial charge is 0.123 e. The monoisotopic (exact) mass is 369 g/mol. The van der Waals surface area contributed by atoms with E-state index in [2.05, 4.69) is 31.9 Å². The lowest BCUT2D eigenvalue weighted by Crippen LogP contribution is -1.98. The van der Waals surface area contributed by atoms with E-state index in [4.69, 9.17) is 10.5 Å². The van der Waals surface area contributed by atoms with Crippen molar-refractivity contribution < 1.29 is 4.74 Å². The number of nitrogens with two attached hydrogens (primary N) is 1. The molecule has 0 radical (unpaired) electrons. The molecule has 94 valence electrons. The normalized spacial score (nSPS) is 10.4. The third-order valence-corrected chi connectivity index (χ3v) is 3.82. The zero-order valence-electron chi connectivity index (χ0n) is 9.91. The van der Waals surface area contributed by atoms with Crippen molar-refractivity contribution in [1.82, 2.24) is 0 Å². The predicted octanol–water partition coefficient (Wildman–Crippen LogP) is 4.68. The van der Waals surface area contributed by atoms with Crippen molar-refractivity contribution in [3.05, 3.63) is 56.5 Å². The van der Waals surface area contributed by atoms with Gasteiger partial charge in [-0.05, 0) is 58.2 Å². The topological polar surface area (TPSA) is 35.2 Å². The van der Waals surface area contributed by atoms with Crippen LogP contribution in [0.1, 0.15) is 11.1 Å². The Balaban J connectivity index is 2.11. The zero-order chi connectivity index (χ0) is 13.1. The first-order valence-electron chi connectivity index (χ1n) is 5.49. The van der Waals surface area contributed by atoms with Crippen molar-refractivity contribution >= 4 is 37.5 Å². The standard InChI is InChI=1S/C14H13Br2NO/c1-9-2-4-11(15)7-14(9)18-8-10-3-5-12(16)13(17)6-10/h2-7H,8,17H2,1H3. The summed E-state index contributed by atoms with van der Waals surface area (Å²) in [5, 5.41) is 0. The number of aryl methyl sites for hydroxylation is 1. The van der Waals surface area contributed by atoms with Gasteiger partial charge >= 0.3 is 0 Å². The molecule has 0 aliphatic heterocycles. The van der Waals surface area contributed by atoms with Crippen LogP contribution in [-0.2, 0) is 6.61 Å². The van der Waals surface area contributed by atoms with Crippen molar-refractivity contribution in [3.63, 3.8) is 0 Å². The van der Waals surface area contributed by atoms with Gasteiger partial charge in [0.2, 0.25) is 0 Å². The summed E-state index contributed by atoms with van der Waals surface area (Å²) >= 11 is 6.81. The number of rotatable bonds is 3. The highest BCUT2D eigenvalue weighted by Gasteiger charge is 2.03. The van der Waals surface area contributed by atoms with Crippen LogP contribution in [0.15, 0.2) is 45.3 Å². The minimum Gasteiger partial charge on any atom is -0.489 e. The molecule has 2 rings (SSSR count). The maximum atomic E-state index is 5.83. The molecule has 2 N–H and O–H groups in total. The minimum absolute atomic E-state index is 0.509. The van der Waals surface area contributed by atoms with Crippen LogP contribution in [0.4, 0.5) is 5.69 Å². The second-order valence-electron chi connectivity index (χ2n) is 4.05. The Kier molecular flexibility index (Phi) is 4.30. The SMILES string of the molecule is Cc1ccc(Br)cc1OCc1ccc(Br)c(N)c1. The fourth-order valence-corrected chi connectivity index (χ4v) is 2.16. The predicted molar refractivity (Wildman–Crippen MR) is 81.8 cm³/mol. The number of nitrogen functional groups attached to an aromatic ring is 1. The number of hydrogen-bond donors (Lipinski definition) is 1. The van der Waals surface area contributed by atoms with Gasteiger partial charge in [-0.3, -0.25) is 0 Å². The fourth-order valence-electron chi connectivity index (χ4n) is 1.57. The van der Waals surface area contributed by atoms with Gasteiger partial charge < -0.3 is 10.5 Å². The maximum absolute atomic E-state index is 5.83. The highest BCUT2D eigenvalue weighted by atomic mass is 79.9. The highest BCUT2D eigenvalue weighted by Crippen LogP contribution is 2.25. The average molecular weight is 371 g/mol. The second kappa shape index (κ2) is 5.76. The maximum Gasteiger partial charge on any atom is 0.123 e. The van der Waals surface area contributed by atoms with E-state index in [1.165, 1.54) is 0 Å². The number of anilines is 1. The Morgan fingerprint density at radius 2 is 1.89 bits per heavy atom. The summed E-state index contributed by atoms with van der Waals surface area (Å²) in [7, 11) is 0. The second-order valence-corrected chi connectivity index (χ2v) is 5.82. The van der Waals surface area contributed by atoms with E-state index in [9.17, 15) is 0 Å². The molecule has 4 heteroatoms.